The predicted octanol–water partition coefficient (Wildman–Crippen LogP) is 4.91. The van der Waals surface area contributed by atoms with E-state index in [9.17, 15) is 4.79 Å². The van der Waals surface area contributed by atoms with Crippen LogP contribution in [0.15, 0.2) is 36.4 Å². The number of alkyl halides is 1. The topological polar surface area (TPSA) is 54.5 Å². The Labute approximate surface area is 186 Å². The van der Waals surface area contributed by atoms with Gasteiger partial charge in [-0.1, -0.05) is 29.3 Å². The number of pyridine rings is 1. The van der Waals surface area contributed by atoms with Crippen LogP contribution in [0.2, 0.25) is 10.0 Å². The van der Waals surface area contributed by atoms with E-state index in [1.807, 2.05) is 26.0 Å². The molecule has 1 amide bonds. The molecule has 1 aliphatic heterocycles. The van der Waals surface area contributed by atoms with Crippen molar-refractivity contribution in [2.45, 2.75) is 45.0 Å². The minimum Gasteiger partial charge on any atom is -0.475 e. The summed E-state index contributed by atoms with van der Waals surface area (Å²) in [5, 5.41) is 3.89. The number of amides is 1. The highest BCUT2D eigenvalue weighted by atomic mass is 35.5. The van der Waals surface area contributed by atoms with E-state index in [-0.39, 0.29) is 31.4 Å². The Morgan fingerprint density at radius 1 is 1.23 bits per heavy atom. The molecule has 0 unspecified atom stereocenters. The van der Waals surface area contributed by atoms with Crippen LogP contribution < -0.4 is 10.1 Å². The first-order valence-corrected chi connectivity index (χ1v) is 10.8. The molecule has 0 radical (unpaired) electrons. The highest BCUT2D eigenvalue weighted by Gasteiger charge is 2.35. The molecular formula is C22H26Cl2FN3O2. The molecule has 3 rings (SSSR count). The fourth-order valence-electron chi connectivity index (χ4n) is 3.38. The molecule has 0 spiro atoms. The Morgan fingerprint density at radius 2 is 1.97 bits per heavy atom. The minimum absolute atomic E-state index is 0.0478. The Hall–Kier alpha value is -1.89. The zero-order valence-electron chi connectivity index (χ0n) is 17.1. The van der Waals surface area contributed by atoms with E-state index in [1.165, 1.54) is 0 Å². The maximum atomic E-state index is 15.2. The summed E-state index contributed by atoms with van der Waals surface area (Å²) in [5.74, 6) is 0.406. The number of nitrogens with one attached hydrogen (secondary N) is 1. The van der Waals surface area contributed by atoms with Crippen molar-refractivity contribution in [3.8, 4) is 5.88 Å². The molecule has 5 nitrogen and oxygen atoms in total. The number of aromatic nitrogens is 1. The van der Waals surface area contributed by atoms with Crippen LogP contribution in [-0.2, 0) is 6.54 Å². The van der Waals surface area contributed by atoms with E-state index in [0.717, 1.165) is 5.69 Å². The third-order valence-electron chi connectivity index (χ3n) is 5.00. The molecule has 0 atom stereocenters. The number of piperidine rings is 1. The average Bonchev–Trinajstić information content (AvgIpc) is 2.70. The molecule has 30 heavy (non-hydrogen) atoms. The molecule has 0 saturated carbocycles. The number of hydrogen-bond acceptors (Lipinski definition) is 4. The number of ether oxygens (including phenoxy) is 1. The number of nitrogens with zero attached hydrogens (tertiary/aromatic N) is 2. The lowest BCUT2D eigenvalue weighted by Gasteiger charge is -2.36. The van der Waals surface area contributed by atoms with Crippen LogP contribution in [0.1, 0.15) is 42.7 Å². The summed E-state index contributed by atoms with van der Waals surface area (Å²) in [6.07, 6.45) is 0.597. The highest BCUT2D eigenvalue weighted by Crippen LogP contribution is 2.28. The fraction of sp³-hybridized carbons (Fsp3) is 0.455. The molecular weight excluding hydrogens is 428 g/mol. The molecule has 0 aliphatic carbocycles. The van der Waals surface area contributed by atoms with E-state index in [2.05, 4.69) is 10.3 Å². The Kier molecular flexibility index (Phi) is 7.55. The first-order chi connectivity index (χ1) is 14.3. The zero-order valence-corrected chi connectivity index (χ0v) is 18.6. The second kappa shape index (κ2) is 9.94. The number of carbonyl (C=O) groups excluding carboxylic acids is 1. The highest BCUT2D eigenvalue weighted by molar-refractivity contribution is 6.42. The summed E-state index contributed by atoms with van der Waals surface area (Å²) < 4.78 is 20.8. The molecule has 2 heterocycles. The predicted molar refractivity (Wildman–Crippen MR) is 117 cm³/mol. The number of carbonyl (C=O) groups is 1. The van der Waals surface area contributed by atoms with Gasteiger partial charge in [0.2, 0.25) is 5.88 Å². The van der Waals surface area contributed by atoms with E-state index >= 15 is 4.39 Å². The maximum absolute atomic E-state index is 15.2. The van der Waals surface area contributed by atoms with Gasteiger partial charge in [-0.25, -0.2) is 9.37 Å². The third-order valence-corrected chi connectivity index (χ3v) is 5.74. The van der Waals surface area contributed by atoms with E-state index in [0.29, 0.717) is 41.1 Å². The lowest BCUT2D eigenvalue weighted by Crippen LogP contribution is -2.48. The van der Waals surface area contributed by atoms with Crippen molar-refractivity contribution in [2.24, 2.45) is 0 Å². The molecule has 2 aromatic rings. The van der Waals surface area contributed by atoms with E-state index in [1.54, 1.807) is 29.2 Å². The quantitative estimate of drug-likeness (QED) is 0.646. The summed E-state index contributed by atoms with van der Waals surface area (Å²) >= 11 is 11.9. The fourth-order valence-corrected chi connectivity index (χ4v) is 3.67. The van der Waals surface area contributed by atoms with Crippen LogP contribution >= 0.6 is 23.2 Å². The number of likely N-dealkylation sites (tertiary alicyclic amines) is 1. The van der Waals surface area contributed by atoms with Crippen LogP contribution in [-0.4, -0.2) is 47.2 Å². The molecule has 1 saturated heterocycles. The molecule has 0 bridgehead atoms. The normalized spacial score (nSPS) is 16.0. The number of hydrogen-bond donors (Lipinski definition) is 1. The van der Waals surface area contributed by atoms with Gasteiger partial charge < -0.3 is 15.0 Å². The molecule has 1 aromatic carbocycles. The summed E-state index contributed by atoms with van der Waals surface area (Å²) in [6, 6.07) is 10.3. The van der Waals surface area contributed by atoms with Gasteiger partial charge in [-0.2, -0.15) is 0 Å². The smallest absolute Gasteiger partial charge is 0.253 e. The van der Waals surface area contributed by atoms with Gasteiger partial charge >= 0.3 is 0 Å². The lowest BCUT2D eigenvalue weighted by molar-refractivity contribution is 0.0434. The number of halogens is 3. The molecule has 8 heteroatoms. The molecule has 1 aromatic heterocycles. The lowest BCUT2D eigenvalue weighted by atomic mass is 9.92. The summed E-state index contributed by atoms with van der Waals surface area (Å²) in [7, 11) is 0. The maximum Gasteiger partial charge on any atom is 0.253 e. The molecule has 1 aliphatic rings. The third kappa shape index (κ3) is 6.06. The van der Waals surface area contributed by atoms with Crippen molar-refractivity contribution in [1.82, 2.24) is 15.2 Å². The van der Waals surface area contributed by atoms with Crippen molar-refractivity contribution in [1.29, 1.82) is 0 Å². The van der Waals surface area contributed by atoms with Crippen molar-refractivity contribution in [3.63, 3.8) is 0 Å². The van der Waals surface area contributed by atoms with E-state index < -0.39 is 5.67 Å². The second-order valence-electron chi connectivity index (χ2n) is 7.81. The van der Waals surface area contributed by atoms with Gasteiger partial charge in [0.05, 0.1) is 21.8 Å². The van der Waals surface area contributed by atoms with Crippen molar-refractivity contribution in [2.75, 3.05) is 19.6 Å². The molecule has 1 fully saturated rings. The molecule has 1 N–H and O–H groups in total. The zero-order chi connectivity index (χ0) is 21.7. The Bertz CT molecular complexity index is 886. The van der Waals surface area contributed by atoms with Gasteiger partial charge in [-0.3, -0.25) is 4.79 Å². The Balaban J connectivity index is 1.49. The van der Waals surface area contributed by atoms with Gasteiger partial charge in [-0.15, -0.1) is 0 Å². The summed E-state index contributed by atoms with van der Waals surface area (Å²) in [6.45, 7) is 5.25. The van der Waals surface area contributed by atoms with Gasteiger partial charge in [0.25, 0.3) is 5.91 Å². The van der Waals surface area contributed by atoms with Crippen molar-refractivity contribution < 1.29 is 13.9 Å². The van der Waals surface area contributed by atoms with Gasteiger partial charge in [0.1, 0.15) is 5.67 Å². The number of benzene rings is 1. The largest absolute Gasteiger partial charge is 0.475 e. The monoisotopic (exact) mass is 453 g/mol. The van der Waals surface area contributed by atoms with Crippen LogP contribution in [0.4, 0.5) is 4.39 Å². The van der Waals surface area contributed by atoms with Crippen molar-refractivity contribution in [3.05, 3.63) is 57.7 Å². The van der Waals surface area contributed by atoms with Crippen LogP contribution in [0, 0.1) is 0 Å². The standard InChI is InChI=1S/C22H26Cl2FN3O2/c1-15(2)30-20-5-3-4-17(27-20)13-26-14-22(25)8-10-28(11-9-22)21(29)16-6-7-18(23)19(24)12-16/h3-7,12,15,26H,8-11,13-14H2,1-2H3. The minimum atomic E-state index is -1.36. The van der Waals surface area contributed by atoms with Gasteiger partial charge in [0, 0.05) is 50.7 Å². The SMILES string of the molecule is CC(C)Oc1cccc(CNCC2(F)CCN(C(=O)c3ccc(Cl)c(Cl)c3)CC2)n1. The summed E-state index contributed by atoms with van der Waals surface area (Å²) in [4.78, 5) is 18.7. The van der Waals surface area contributed by atoms with Crippen molar-refractivity contribution >= 4 is 29.1 Å². The van der Waals surface area contributed by atoms with E-state index in [4.69, 9.17) is 27.9 Å². The van der Waals surface area contributed by atoms with Crippen LogP contribution in [0.5, 0.6) is 5.88 Å². The first kappa shape index (κ1) is 22.8. The molecule has 162 valence electrons. The Morgan fingerprint density at radius 3 is 2.63 bits per heavy atom. The average molecular weight is 454 g/mol. The van der Waals surface area contributed by atoms with Crippen LogP contribution in [0.25, 0.3) is 0 Å². The van der Waals surface area contributed by atoms with Crippen LogP contribution in [0.3, 0.4) is 0 Å². The van der Waals surface area contributed by atoms with Gasteiger partial charge in [0.15, 0.2) is 0 Å². The van der Waals surface area contributed by atoms with Gasteiger partial charge in [-0.05, 0) is 38.1 Å². The summed E-state index contributed by atoms with van der Waals surface area (Å²) in [5.41, 5.74) is -0.104. The number of rotatable bonds is 7. The second-order valence-corrected chi connectivity index (χ2v) is 8.62. The first-order valence-electron chi connectivity index (χ1n) is 10.0.